The molecule has 1 fully saturated rings. The van der Waals surface area contributed by atoms with Crippen LogP contribution in [0, 0.1) is 0 Å². The molecule has 0 radical (unpaired) electrons. The number of amides is 1. The van der Waals surface area contributed by atoms with Gasteiger partial charge in [-0.1, -0.05) is 26.2 Å². The summed E-state index contributed by atoms with van der Waals surface area (Å²) >= 11 is 1.84. The Morgan fingerprint density at radius 2 is 2.00 bits per heavy atom. The maximum absolute atomic E-state index is 12.6. The lowest BCUT2D eigenvalue weighted by atomic mass is 10.0. The van der Waals surface area contributed by atoms with Gasteiger partial charge in [-0.05, 0) is 31.4 Å². The Hall–Kier alpha value is -1.36. The van der Waals surface area contributed by atoms with Crippen molar-refractivity contribution in [1.82, 2.24) is 0 Å². The van der Waals surface area contributed by atoms with Crippen LogP contribution in [0.3, 0.4) is 0 Å². The van der Waals surface area contributed by atoms with E-state index < -0.39 is 0 Å². The Balaban J connectivity index is 2.00. The number of carbonyl (C=O) groups excluding carboxylic acids is 1. The van der Waals surface area contributed by atoms with Crippen LogP contribution in [0.5, 0.6) is 11.5 Å². The molecule has 0 aromatic heterocycles. The van der Waals surface area contributed by atoms with Crippen molar-refractivity contribution in [2.24, 2.45) is 0 Å². The molecule has 2 rings (SSSR count). The third-order valence-electron chi connectivity index (χ3n) is 4.24. The van der Waals surface area contributed by atoms with Crippen molar-refractivity contribution in [3.05, 3.63) is 18.2 Å². The van der Waals surface area contributed by atoms with Crippen LogP contribution in [-0.2, 0) is 4.79 Å². The Morgan fingerprint density at radius 3 is 2.61 bits per heavy atom. The second-order valence-corrected chi connectivity index (χ2v) is 7.36. The highest BCUT2D eigenvalue weighted by Crippen LogP contribution is 2.34. The fraction of sp³-hybridized carbons (Fsp3) is 0.611. The van der Waals surface area contributed by atoms with Crippen LogP contribution in [0.15, 0.2) is 18.2 Å². The summed E-state index contributed by atoms with van der Waals surface area (Å²) < 4.78 is 10.5. The monoisotopic (exact) mass is 337 g/mol. The number of thioether (sulfide) groups is 1. The van der Waals surface area contributed by atoms with Crippen molar-refractivity contribution in [3.8, 4) is 11.5 Å². The molecular weight excluding hydrogens is 310 g/mol. The zero-order valence-corrected chi connectivity index (χ0v) is 15.1. The lowest BCUT2D eigenvalue weighted by Crippen LogP contribution is -2.27. The van der Waals surface area contributed by atoms with Gasteiger partial charge in [0.2, 0.25) is 5.91 Å². The Morgan fingerprint density at radius 1 is 1.26 bits per heavy atom. The second kappa shape index (κ2) is 9.06. The smallest absolute Gasteiger partial charge is 0.237 e. The van der Waals surface area contributed by atoms with Gasteiger partial charge in [0.15, 0.2) is 0 Å². The van der Waals surface area contributed by atoms with Crippen LogP contribution < -0.4 is 14.8 Å². The zero-order valence-electron chi connectivity index (χ0n) is 14.3. The van der Waals surface area contributed by atoms with Gasteiger partial charge in [-0.2, -0.15) is 0 Å². The number of hydrogen-bond donors (Lipinski definition) is 1. The van der Waals surface area contributed by atoms with Gasteiger partial charge in [-0.15, -0.1) is 11.8 Å². The van der Waals surface area contributed by atoms with E-state index in [1.807, 2.05) is 23.9 Å². The van der Waals surface area contributed by atoms with Crippen LogP contribution in [0.2, 0.25) is 0 Å². The molecule has 0 spiro atoms. The molecular formula is C18H27NO3S. The van der Waals surface area contributed by atoms with E-state index in [-0.39, 0.29) is 11.2 Å². The van der Waals surface area contributed by atoms with Crippen LogP contribution >= 0.6 is 11.8 Å². The largest absolute Gasteiger partial charge is 0.497 e. The van der Waals surface area contributed by atoms with Crippen LogP contribution in [0.1, 0.15) is 45.4 Å². The summed E-state index contributed by atoms with van der Waals surface area (Å²) in [6, 6.07) is 5.44. The maximum Gasteiger partial charge on any atom is 0.237 e. The summed E-state index contributed by atoms with van der Waals surface area (Å²) in [6.45, 7) is 2.07. The Kier molecular flexibility index (Phi) is 7.09. The average molecular weight is 337 g/mol. The van der Waals surface area contributed by atoms with Gasteiger partial charge in [0.25, 0.3) is 0 Å². The first-order valence-corrected chi connectivity index (χ1v) is 9.30. The van der Waals surface area contributed by atoms with Gasteiger partial charge in [-0.3, -0.25) is 4.79 Å². The molecule has 1 aliphatic carbocycles. The number of ether oxygens (including phenoxy) is 2. The molecule has 0 aliphatic heterocycles. The Bertz CT molecular complexity index is 515. The summed E-state index contributed by atoms with van der Waals surface area (Å²) in [5.41, 5.74) is 0.695. The van der Waals surface area contributed by atoms with Gasteiger partial charge in [0.05, 0.1) is 25.2 Å². The van der Waals surface area contributed by atoms with Gasteiger partial charge < -0.3 is 14.8 Å². The van der Waals surface area contributed by atoms with E-state index in [9.17, 15) is 4.79 Å². The minimum atomic E-state index is -0.00934. The number of rotatable bonds is 7. The molecule has 0 bridgehead atoms. The first kappa shape index (κ1) is 18.0. The minimum absolute atomic E-state index is 0.00934. The third-order valence-corrected chi connectivity index (χ3v) is 5.97. The van der Waals surface area contributed by atoms with E-state index in [2.05, 4.69) is 12.2 Å². The van der Waals surface area contributed by atoms with E-state index in [1.54, 1.807) is 20.3 Å². The fourth-order valence-electron chi connectivity index (χ4n) is 2.89. The standard InChI is InChI=1S/C18H27NO3S/c1-4-17(23-14-8-6-5-7-9-14)18(20)19-15-11-10-13(21-2)12-16(15)22-3/h10-12,14,17H,4-9H2,1-3H3,(H,19,20). The van der Waals surface area contributed by atoms with Crippen molar-refractivity contribution >= 4 is 23.4 Å². The lowest BCUT2D eigenvalue weighted by Gasteiger charge is -2.25. The zero-order chi connectivity index (χ0) is 16.7. The Labute approximate surface area is 143 Å². The number of nitrogens with one attached hydrogen (secondary N) is 1. The van der Waals surface area contributed by atoms with Gasteiger partial charge in [-0.25, -0.2) is 0 Å². The SMILES string of the molecule is CCC(SC1CCCCC1)C(=O)Nc1ccc(OC)cc1OC. The van der Waals surface area contributed by atoms with Crippen molar-refractivity contribution in [2.75, 3.05) is 19.5 Å². The summed E-state index contributed by atoms with van der Waals surface area (Å²) in [5.74, 6) is 1.39. The first-order valence-electron chi connectivity index (χ1n) is 8.36. The van der Waals surface area contributed by atoms with Crippen LogP contribution in [0.25, 0.3) is 0 Å². The molecule has 0 saturated heterocycles. The summed E-state index contributed by atoms with van der Waals surface area (Å²) in [7, 11) is 3.21. The topological polar surface area (TPSA) is 47.6 Å². The van der Waals surface area contributed by atoms with Gasteiger partial charge in [0.1, 0.15) is 11.5 Å². The fourth-order valence-corrected chi connectivity index (χ4v) is 4.34. The molecule has 1 atom stereocenters. The van der Waals surface area contributed by atoms with Crippen molar-refractivity contribution in [2.45, 2.75) is 55.9 Å². The van der Waals surface area contributed by atoms with Crippen molar-refractivity contribution in [1.29, 1.82) is 0 Å². The average Bonchev–Trinajstić information content (AvgIpc) is 2.60. The lowest BCUT2D eigenvalue weighted by molar-refractivity contribution is -0.115. The van der Waals surface area contributed by atoms with Crippen LogP contribution in [-0.4, -0.2) is 30.6 Å². The molecule has 5 heteroatoms. The number of methoxy groups -OCH3 is 2. The number of anilines is 1. The minimum Gasteiger partial charge on any atom is -0.497 e. The normalized spacial score (nSPS) is 16.7. The van der Waals surface area contributed by atoms with E-state index in [4.69, 9.17) is 9.47 Å². The van der Waals surface area contributed by atoms with Gasteiger partial charge >= 0.3 is 0 Å². The molecule has 1 aromatic rings. The summed E-state index contributed by atoms with van der Waals surface area (Å²) in [5, 5.41) is 3.63. The first-order chi connectivity index (χ1) is 11.2. The number of hydrogen-bond acceptors (Lipinski definition) is 4. The van der Waals surface area contributed by atoms with E-state index in [0.29, 0.717) is 22.4 Å². The molecule has 23 heavy (non-hydrogen) atoms. The highest BCUT2D eigenvalue weighted by Gasteiger charge is 2.24. The predicted octanol–water partition coefficient (Wildman–Crippen LogP) is 4.49. The van der Waals surface area contributed by atoms with E-state index in [0.717, 1.165) is 6.42 Å². The van der Waals surface area contributed by atoms with Gasteiger partial charge in [0, 0.05) is 11.3 Å². The van der Waals surface area contributed by atoms with Crippen LogP contribution in [0.4, 0.5) is 5.69 Å². The van der Waals surface area contributed by atoms with Crippen molar-refractivity contribution < 1.29 is 14.3 Å². The summed E-state index contributed by atoms with van der Waals surface area (Å²) in [6.07, 6.45) is 7.24. The number of carbonyl (C=O) groups is 1. The molecule has 0 heterocycles. The van der Waals surface area contributed by atoms with E-state index >= 15 is 0 Å². The highest BCUT2D eigenvalue weighted by molar-refractivity contribution is 8.01. The molecule has 1 unspecified atom stereocenters. The molecule has 128 valence electrons. The second-order valence-electron chi connectivity index (χ2n) is 5.85. The van der Waals surface area contributed by atoms with E-state index in [1.165, 1.54) is 32.1 Å². The summed E-state index contributed by atoms with van der Waals surface area (Å²) in [4.78, 5) is 12.6. The quantitative estimate of drug-likeness (QED) is 0.796. The number of benzene rings is 1. The molecule has 1 saturated carbocycles. The molecule has 1 N–H and O–H groups in total. The maximum atomic E-state index is 12.6. The molecule has 1 aromatic carbocycles. The van der Waals surface area contributed by atoms with Crippen molar-refractivity contribution in [3.63, 3.8) is 0 Å². The molecule has 4 nitrogen and oxygen atoms in total. The molecule has 1 amide bonds. The third kappa shape index (κ3) is 5.06. The molecule has 1 aliphatic rings. The predicted molar refractivity (Wildman–Crippen MR) is 96.7 cm³/mol. The highest BCUT2D eigenvalue weighted by atomic mass is 32.2.